The fourth-order valence-corrected chi connectivity index (χ4v) is 21.6. The van der Waals surface area contributed by atoms with Gasteiger partial charge in [0, 0.05) is 190 Å². The van der Waals surface area contributed by atoms with Crippen molar-refractivity contribution in [2.45, 2.75) is 156 Å². The summed E-state index contributed by atoms with van der Waals surface area (Å²) < 4.78 is 0. The van der Waals surface area contributed by atoms with Crippen molar-refractivity contribution in [3.63, 3.8) is 0 Å². The molecule has 0 radical (unpaired) electrons. The summed E-state index contributed by atoms with van der Waals surface area (Å²) in [7, 11) is 0. The quantitative estimate of drug-likeness (QED) is 0.0240. The zero-order chi connectivity index (χ0) is 95.1. The molecule has 0 fully saturated rings. The van der Waals surface area contributed by atoms with Crippen LogP contribution in [-0.4, -0.2) is 81.7 Å². The lowest BCUT2D eigenvalue weighted by atomic mass is 9.74. The molecule has 16 heteroatoms. The Labute approximate surface area is 797 Å². The highest BCUT2D eigenvalue weighted by Gasteiger charge is 2.40. The highest BCUT2D eigenvalue weighted by atomic mass is 16.3. The second kappa shape index (κ2) is 40.6. The Hall–Kier alpha value is -15.7. The lowest BCUT2D eigenvalue weighted by molar-refractivity contribution is 0.411. The molecule has 16 aromatic rings. The first kappa shape index (κ1) is 91.8. The third-order valence-electron chi connectivity index (χ3n) is 28.8. The third-order valence-corrected chi connectivity index (χ3v) is 28.8. The van der Waals surface area contributed by atoms with Crippen molar-refractivity contribution in [2.24, 2.45) is 0 Å². The van der Waals surface area contributed by atoms with E-state index in [1.807, 2.05) is 243 Å². The summed E-state index contributed by atoms with van der Waals surface area (Å²) in [5.74, 6) is -14.7. The Kier molecular flexibility index (Phi) is 27.2. The average molecular weight is 1820 g/mol. The molecule has 18 rings (SSSR count). The maximum atomic E-state index is 14.6. The van der Waals surface area contributed by atoms with Gasteiger partial charge >= 0.3 is 0 Å². The summed E-state index contributed by atoms with van der Waals surface area (Å²) in [6, 6.07) is 98.4. The van der Waals surface area contributed by atoms with Gasteiger partial charge in [-0.05, 0) is 196 Å². The second-order valence-corrected chi connectivity index (χ2v) is 37.1. The number of aryl methyl sites for hydroxylation is 8. The van der Waals surface area contributed by atoms with Gasteiger partial charge in [-0.15, -0.1) is 0 Å². The summed E-state index contributed by atoms with van der Waals surface area (Å²) in [6.45, 7) is 0. The number of phenols is 16. The normalized spacial score (nSPS) is 16.7. The number of benzene rings is 16. The second-order valence-electron chi connectivity index (χ2n) is 37.1. The maximum Gasteiger partial charge on any atom is 0.126 e. The standard InChI is InChI=1S/C121H112O16/c122-106-66-107(123)89-57-88(106)80(49-41-72-25-9-1-10-26-72)92-59-96(114(130)68-110(92)126)84(53-45-76-33-17-5-18-34-76)100-63-101(85(54-46-77-35-19-6-20-36-77)97-60-93(111(127)69-115(97)131)81(89)50-42-73-27-11-2-12-28-73)119(135)104(118(100)134)65-105-120(136)102-64-103(121(105)137)87(56-48-79-39-23-8-24-40-79)99-62-95(113(129)71-117(99)133)83(52-44-75-31-15-4-16-32-75)91-58-90(108(124)67-109(91)125)82(51-43-74-29-13-3-14-30-74)94-61-98(116(132)70-112(94)128)86(102)55-47-78-37-21-7-22-38-78/h1-40,57-64,66-71,80-87,122-137H,41-56,65H2. The van der Waals surface area contributed by atoms with Crippen LogP contribution < -0.4 is 0 Å². The minimum Gasteiger partial charge on any atom is -0.508 e. The molecule has 2 aliphatic carbocycles. The topological polar surface area (TPSA) is 324 Å². The smallest absolute Gasteiger partial charge is 0.126 e. The number of hydrogen-bond acceptors (Lipinski definition) is 16. The first-order valence-corrected chi connectivity index (χ1v) is 47.4. The average Bonchev–Trinajstić information content (AvgIpc) is 0.745. The Bertz CT molecular complexity index is 6160. The van der Waals surface area contributed by atoms with Crippen molar-refractivity contribution in [1.29, 1.82) is 0 Å². The summed E-state index contributed by atoms with van der Waals surface area (Å²) in [5.41, 5.74) is 9.97. The Morgan fingerprint density at radius 1 is 0.131 bits per heavy atom. The lowest BCUT2D eigenvalue weighted by Gasteiger charge is -2.31. The van der Waals surface area contributed by atoms with Crippen molar-refractivity contribution < 1.29 is 81.7 Å². The van der Waals surface area contributed by atoms with Gasteiger partial charge in [0.2, 0.25) is 0 Å². The van der Waals surface area contributed by atoms with Crippen molar-refractivity contribution in [3.8, 4) is 92.0 Å². The van der Waals surface area contributed by atoms with E-state index in [-0.39, 0.29) is 201 Å². The van der Waals surface area contributed by atoms with Gasteiger partial charge in [0.1, 0.15) is 92.0 Å². The van der Waals surface area contributed by atoms with Crippen molar-refractivity contribution in [2.75, 3.05) is 0 Å². The molecule has 0 saturated carbocycles. The van der Waals surface area contributed by atoms with Gasteiger partial charge in [-0.1, -0.05) is 243 Å². The minimum absolute atomic E-state index is 0.0948. The van der Waals surface area contributed by atoms with Gasteiger partial charge in [-0.3, -0.25) is 0 Å². The predicted octanol–water partition coefficient (Wildman–Crippen LogP) is 25.3. The van der Waals surface area contributed by atoms with Gasteiger partial charge in [0.05, 0.1) is 0 Å². The Morgan fingerprint density at radius 2 is 0.241 bits per heavy atom. The number of phenolic OH excluding ortho intramolecular Hbond substituents is 16. The highest BCUT2D eigenvalue weighted by molar-refractivity contribution is 5.70. The maximum absolute atomic E-state index is 14.6. The number of hydrogen-bond donors (Lipinski definition) is 16. The van der Waals surface area contributed by atoms with E-state index in [2.05, 4.69) is 0 Å². The fraction of sp³-hybridized carbons (Fsp3) is 0.207. The van der Waals surface area contributed by atoms with Gasteiger partial charge in [0.25, 0.3) is 0 Å². The number of fused-ring (bicyclic) bond motifs is 16. The van der Waals surface area contributed by atoms with Crippen LogP contribution in [-0.2, 0) is 57.8 Å². The lowest BCUT2D eigenvalue weighted by Crippen LogP contribution is -2.14. The van der Waals surface area contributed by atoms with Crippen LogP contribution in [0, 0.1) is 0 Å². The molecule has 137 heavy (non-hydrogen) atoms. The molecule has 16 N–H and O–H groups in total. The van der Waals surface area contributed by atoms with E-state index in [1.54, 1.807) is 48.5 Å². The van der Waals surface area contributed by atoms with E-state index in [0.29, 0.717) is 47.9 Å². The van der Waals surface area contributed by atoms with E-state index in [4.69, 9.17) is 0 Å². The number of rotatable bonds is 26. The monoisotopic (exact) mass is 1820 g/mol. The first-order valence-electron chi connectivity index (χ1n) is 47.4. The van der Waals surface area contributed by atoms with Crippen LogP contribution >= 0.6 is 0 Å². The molecule has 0 aromatic heterocycles. The van der Waals surface area contributed by atoms with Crippen LogP contribution in [0.5, 0.6) is 92.0 Å². The van der Waals surface area contributed by atoms with E-state index < -0.39 is 99.8 Å². The van der Waals surface area contributed by atoms with Crippen LogP contribution in [0.3, 0.4) is 0 Å². The van der Waals surface area contributed by atoms with Crippen molar-refractivity contribution >= 4 is 0 Å². The summed E-state index contributed by atoms with van der Waals surface area (Å²) in [6.07, 6.45) is 3.22. The molecule has 0 saturated heterocycles. The Morgan fingerprint density at radius 3 is 0.365 bits per heavy atom. The molecule has 8 atom stereocenters. The zero-order valence-corrected chi connectivity index (χ0v) is 76.0. The van der Waals surface area contributed by atoms with E-state index in [9.17, 15) is 81.7 Å². The summed E-state index contributed by atoms with van der Waals surface area (Å²) >= 11 is 0. The zero-order valence-electron chi connectivity index (χ0n) is 76.0. The Balaban J connectivity index is 0.944. The van der Waals surface area contributed by atoms with E-state index in [1.165, 1.54) is 36.4 Å². The molecule has 0 heterocycles. The molecular weight excluding hydrogens is 1710 g/mol. The molecule has 0 amide bonds. The summed E-state index contributed by atoms with van der Waals surface area (Å²) in [5, 5.41) is 213. The molecule has 8 unspecified atom stereocenters. The molecule has 692 valence electrons. The van der Waals surface area contributed by atoms with Gasteiger partial charge in [-0.2, -0.15) is 0 Å². The highest BCUT2D eigenvalue weighted by Crippen LogP contribution is 2.59. The molecule has 16 aromatic carbocycles. The first-order chi connectivity index (χ1) is 66.5. The summed E-state index contributed by atoms with van der Waals surface area (Å²) in [4.78, 5) is 0. The fourth-order valence-electron chi connectivity index (χ4n) is 21.6. The number of aromatic hydroxyl groups is 16. The van der Waals surface area contributed by atoms with Gasteiger partial charge < -0.3 is 81.7 Å². The van der Waals surface area contributed by atoms with Gasteiger partial charge in [0.15, 0.2) is 0 Å². The van der Waals surface area contributed by atoms with Crippen LogP contribution in [0.2, 0.25) is 0 Å². The van der Waals surface area contributed by atoms with Crippen LogP contribution in [0.4, 0.5) is 0 Å². The molecule has 0 spiro atoms. The van der Waals surface area contributed by atoms with E-state index in [0.717, 1.165) is 44.5 Å². The van der Waals surface area contributed by atoms with E-state index >= 15 is 0 Å². The van der Waals surface area contributed by atoms with Crippen molar-refractivity contribution in [3.05, 3.63) is 472 Å². The molecule has 16 nitrogen and oxygen atoms in total. The molecule has 0 aliphatic heterocycles. The third kappa shape index (κ3) is 19.7. The molecule has 16 bridgehead atoms. The predicted molar refractivity (Wildman–Crippen MR) is 534 cm³/mol. The molecule has 2 aliphatic rings. The minimum atomic E-state index is -1.14. The van der Waals surface area contributed by atoms with Crippen LogP contribution in [0.25, 0.3) is 0 Å². The molecular formula is C121H112O16. The van der Waals surface area contributed by atoms with Crippen molar-refractivity contribution in [1.82, 2.24) is 0 Å². The van der Waals surface area contributed by atoms with Gasteiger partial charge in [-0.25, -0.2) is 0 Å². The SMILES string of the molecule is Oc1cc(O)c2cc1C(CCc1ccccc1)c1cc(c(O)cc1O)C(CCc1ccccc1)c1cc(c(O)c(Cc3c(O)c4cc(c3O)C(CCc3ccccc3)c3cc(c(O)cc3O)C(CCc3ccccc3)c3cc(c(O)cc3O)C(CCc3ccccc3)c3cc(c(O)cc3O)C4CCc3ccccc3)c1O)C(CCc1ccccc1)c1cc(c(O)cc1O)C2CCc1ccccc1. The largest absolute Gasteiger partial charge is 0.508 e. The van der Waals surface area contributed by atoms with Crippen LogP contribution in [0.1, 0.15) is 243 Å². The van der Waals surface area contributed by atoms with Crippen LogP contribution in [0.15, 0.2) is 328 Å².